The molecule has 3 rings (SSSR count). The summed E-state index contributed by atoms with van der Waals surface area (Å²) in [6.07, 6.45) is 6.98. The number of rotatable bonds is 3. The van der Waals surface area contributed by atoms with E-state index in [1.165, 1.54) is 25.7 Å². The van der Waals surface area contributed by atoms with E-state index in [-0.39, 0.29) is 11.9 Å². The molecule has 0 aliphatic carbocycles. The fourth-order valence-corrected chi connectivity index (χ4v) is 3.44. The highest BCUT2D eigenvalue weighted by atomic mass is 16.5. The molecular formula is C15H24N4O2. The molecule has 0 N–H and O–H groups in total. The molecule has 0 saturated carbocycles. The van der Waals surface area contributed by atoms with E-state index in [0.29, 0.717) is 5.92 Å². The number of amides is 1. The Kier molecular flexibility index (Phi) is 4.53. The summed E-state index contributed by atoms with van der Waals surface area (Å²) in [5.74, 6) is 1.40. The number of piperidine rings is 2. The second-order valence-corrected chi connectivity index (χ2v) is 6.16. The zero-order chi connectivity index (χ0) is 14.7. The van der Waals surface area contributed by atoms with Crippen molar-refractivity contribution in [1.82, 2.24) is 19.9 Å². The predicted molar refractivity (Wildman–Crippen MR) is 77.7 cm³/mol. The van der Waals surface area contributed by atoms with Gasteiger partial charge in [0.05, 0.1) is 6.04 Å². The Morgan fingerprint density at radius 2 is 1.95 bits per heavy atom. The molecule has 0 bridgehead atoms. The van der Waals surface area contributed by atoms with Gasteiger partial charge in [0, 0.05) is 19.0 Å². The van der Waals surface area contributed by atoms with Crippen molar-refractivity contribution in [2.75, 3.05) is 26.2 Å². The van der Waals surface area contributed by atoms with Gasteiger partial charge >= 0.3 is 0 Å². The normalized spacial score (nSPS) is 23.2. The highest BCUT2D eigenvalue weighted by Gasteiger charge is 2.31. The van der Waals surface area contributed by atoms with Crippen molar-refractivity contribution in [2.24, 2.45) is 0 Å². The van der Waals surface area contributed by atoms with E-state index in [0.717, 1.165) is 44.8 Å². The number of aromatic nitrogens is 2. The van der Waals surface area contributed by atoms with Gasteiger partial charge < -0.3 is 9.42 Å². The molecule has 116 valence electrons. The van der Waals surface area contributed by atoms with E-state index in [4.69, 9.17) is 4.52 Å². The first-order chi connectivity index (χ1) is 10.3. The molecule has 0 spiro atoms. The average molecular weight is 292 g/mol. The summed E-state index contributed by atoms with van der Waals surface area (Å²) < 4.78 is 4.81. The molecule has 1 amide bonds. The van der Waals surface area contributed by atoms with Gasteiger partial charge in [0.25, 0.3) is 0 Å². The first-order valence-corrected chi connectivity index (χ1v) is 8.05. The number of hydrogen-bond donors (Lipinski definition) is 0. The maximum Gasteiger partial charge on any atom is 0.239 e. The molecule has 2 fully saturated rings. The molecule has 1 aromatic heterocycles. The largest absolute Gasteiger partial charge is 0.343 e. The van der Waals surface area contributed by atoms with E-state index in [1.54, 1.807) is 0 Å². The number of carbonyl (C=O) groups is 1. The Balaban J connectivity index is 1.52. The third-order valence-electron chi connectivity index (χ3n) is 4.85. The van der Waals surface area contributed by atoms with Gasteiger partial charge in [-0.1, -0.05) is 11.6 Å². The molecule has 1 aromatic rings. The van der Waals surface area contributed by atoms with Crippen molar-refractivity contribution in [3.8, 4) is 0 Å². The summed E-state index contributed by atoms with van der Waals surface area (Å²) >= 11 is 0. The Hall–Kier alpha value is -1.43. The second-order valence-electron chi connectivity index (χ2n) is 6.16. The Morgan fingerprint density at radius 1 is 1.24 bits per heavy atom. The Labute approximate surface area is 125 Å². The summed E-state index contributed by atoms with van der Waals surface area (Å²) in [5, 5.41) is 3.92. The number of nitrogens with zero attached hydrogens (tertiary/aromatic N) is 4. The van der Waals surface area contributed by atoms with Crippen LogP contribution in [0.4, 0.5) is 0 Å². The van der Waals surface area contributed by atoms with E-state index >= 15 is 0 Å². The fraction of sp³-hybridized carbons (Fsp3) is 0.800. The van der Waals surface area contributed by atoms with Gasteiger partial charge in [-0.15, -0.1) is 0 Å². The average Bonchev–Trinajstić information content (AvgIpc) is 3.09. The first-order valence-electron chi connectivity index (χ1n) is 8.05. The summed E-state index contributed by atoms with van der Waals surface area (Å²) in [4.78, 5) is 21.1. The third-order valence-corrected chi connectivity index (χ3v) is 4.85. The summed E-state index contributed by atoms with van der Waals surface area (Å²) in [7, 11) is 0. The number of hydrogen-bond acceptors (Lipinski definition) is 5. The van der Waals surface area contributed by atoms with Gasteiger partial charge in [0.15, 0.2) is 5.82 Å². The molecule has 6 nitrogen and oxygen atoms in total. The molecule has 0 radical (unpaired) electrons. The van der Waals surface area contributed by atoms with Crippen molar-refractivity contribution in [2.45, 2.75) is 51.0 Å². The van der Waals surface area contributed by atoms with E-state index in [2.05, 4.69) is 22.0 Å². The van der Waals surface area contributed by atoms with Crippen LogP contribution < -0.4 is 0 Å². The lowest BCUT2D eigenvalue weighted by Crippen LogP contribution is -2.50. The van der Waals surface area contributed by atoms with Crippen LogP contribution >= 0.6 is 0 Å². The minimum atomic E-state index is 0.0204. The zero-order valence-corrected chi connectivity index (χ0v) is 12.7. The van der Waals surface area contributed by atoms with Crippen LogP contribution in [0, 0.1) is 0 Å². The van der Waals surface area contributed by atoms with Crippen LogP contribution in [-0.2, 0) is 4.79 Å². The highest BCUT2D eigenvalue weighted by molar-refractivity contribution is 5.81. The van der Waals surface area contributed by atoms with Crippen molar-refractivity contribution in [3.05, 3.63) is 12.2 Å². The lowest BCUT2D eigenvalue weighted by atomic mass is 9.95. The quantitative estimate of drug-likeness (QED) is 0.847. The number of likely N-dealkylation sites (tertiary alicyclic amines) is 2. The monoisotopic (exact) mass is 292 g/mol. The molecule has 0 unspecified atom stereocenters. The van der Waals surface area contributed by atoms with E-state index in [9.17, 15) is 4.79 Å². The van der Waals surface area contributed by atoms with Gasteiger partial charge in [0.1, 0.15) is 0 Å². The lowest BCUT2D eigenvalue weighted by Gasteiger charge is -2.37. The van der Waals surface area contributed by atoms with Crippen LogP contribution in [0.15, 0.2) is 10.9 Å². The smallest absolute Gasteiger partial charge is 0.239 e. The Morgan fingerprint density at radius 3 is 2.57 bits per heavy atom. The summed E-state index contributed by atoms with van der Waals surface area (Å²) in [6, 6.07) is 0.0204. The van der Waals surface area contributed by atoms with Gasteiger partial charge in [-0.05, 0) is 45.7 Å². The minimum Gasteiger partial charge on any atom is -0.343 e. The van der Waals surface area contributed by atoms with Crippen LogP contribution in [-0.4, -0.2) is 58.1 Å². The fourth-order valence-electron chi connectivity index (χ4n) is 3.44. The zero-order valence-electron chi connectivity index (χ0n) is 12.7. The Bertz CT molecular complexity index is 448. The standard InChI is InChI=1S/C15H24N4O2/c1-12(18-7-3-2-4-8-18)15(20)19-9-5-13(6-10-19)14-16-11-21-17-14/h11-13H,2-10H2,1H3/t12-/m0/s1. The molecule has 1 atom stereocenters. The van der Waals surface area contributed by atoms with Crippen molar-refractivity contribution in [3.63, 3.8) is 0 Å². The summed E-state index contributed by atoms with van der Waals surface area (Å²) in [5.41, 5.74) is 0. The topological polar surface area (TPSA) is 62.5 Å². The van der Waals surface area contributed by atoms with Crippen molar-refractivity contribution >= 4 is 5.91 Å². The summed E-state index contributed by atoms with van der Waals surface area (Å²) in [6.45, 7) is 5.78. The lowest BCUT2D eigenvalue weighted by molar-refractivity contribution is -0.137. The first kappa shape index (κ1) is 14.5. The SMILES string of the molecule is C[C@@H](C(=O)N1CCC(c2ncon2)CC1)N1CCCCC1. The van der Waals surface area contributed by atoms with Gasteiger partial charge in [-0.2, -0.15) is 4.98 Å². The second kappa shape index (κ2) is 6.56. The van der Waals surface area contributed by atoms with Crippen molar-refractivity contribution in [1.29, 1.82) is 0 Å². The minimum absolute atomic E-state index is 0.0204. The van der Waals surface area contributed by atoms with Crippen LogP contribution in [0.3, 0.4) is 0 Å². The van der Waals surface area contributed by atoms with Crippen LogP contribution in [0.1, 0.15) is 50.8 Å². The maximum atomic E-state index is 12.6. The predicted octanol–water partition coefficient (Wildman–Crippen LogP) is 1.65. The van der Waals surface area contributed by atoms with Crippen molar-refractivity contribution < 1.29 is 9.32 Å². The van der Waals surface area contributed by atoms with Gasteiger partial charge in [-0.3, -0.25) is 9.69 Å². The molecule has 2 aliphatic rings. The maximum absolute atomic E-state index is 12.6. The van der Waals surface area contributed by atoms with Crippen LogP contribution in [0.25, 0.3) is 0 Å². The third kappa shape index (κ3) is 3.26. The molecule has 2 aliphatic heterocycles. The van der Waals surface area contributed by atoms with Gasteiger partial charge in [0.2, 0.25) is 12.3 Å². The number of carbonyl (C=O) groups excluding carboxylic acids is 1. The molecule has 3 heterocycles. The highest BCUT2D eigenvalue weighted by Crippen LogP contribution is 2.26. The van der Waals surface area contributed by atoms with Crippen LogP contribution in [0.2, 0.25) is 0 Å². The molecule has 6 heteroatoms. The molecule has 21 heavy (non-hydrogen) atoms. The molecular weight excluding hydrogens is 268 g/mol. The van der Waals surface area contributed by atoms with Crippen LogP contribution in [0.5, 0.6) is 0 Å². The molecule has 2 saturated heterocycles. The van der Waals surface area contributed by atoms with E-state index in [1.807, 2.05) is 4.90 Å². The van der Waals surface area contributed by atoms with Gasteiger partial charge in [-0.25, -0.2) is 0 Å². The molecule has 0 aromatic carbocycles. The van der Waals surface area contributed by atoms with E-state index < -0.39 is 0 Å².